The largest absolute Gasteiger partial charge is 0.360 e. The maximum Gasteiger partial charge on any atom is 0.253 e. The monoisotopic (exact) mass is 496 g/mol. The third kappa shape index (κ3) is 4.57. The van der Waals surface area contributed by atoms with E-state index in [1.54, 1.807) is 30.9 Å². The lowest BCUT2D eigenvalue weighted by molar-refractivity contribution is 0.0697. The number of carbonyl (C=O) groups is 1. The van der Waals surface area contributed by atoms with Crippen molar-refractivity contribution < 1.29 is 26.2 Å². The quantitative estimate of drug-likeness (QED) is 0.616. The number of amides is 1. The van der Waals surface area contributed by atoms with Crippen molar-refractivity contribution in [2.45, 2.75) is 42.9 Å². The topological polar surface area (TPSA) is 121 Å². The van der Waals surface area contributed by atoms with Gasteiger partial charge in [-0.1, -0.05) is 17.6 Å². The Morgan fingerprint density at radius 1 is 0.879 bits per heavy atom. The molecule has 0 bridgehead atoms. The first kappa shape index (κ1) is 23.9. The van der Waals surface area contributed by atoms with Crippen LogP contribution in [0.25, 0.3) is 0 Å². The van der Waals surface area contributed by atoms with Crippen molar-refractivity contribution in [2.75, 3.05) is 39.3 Å². The molecule has 33 heavy (non-hydrogen) atoms. The number of nitrogens with zero attached hydrogens (tertiary/aromatic N) is 4. The average molecular weight is 497 g/mol. The lowest BCUT2D eigenvalue weighted by atomic mass is 10.2. The summed E-state index contributed by atoms with van der Waals surface area (Å²) >= 11 is 0. The van der Waals surface area contributed by atoms with Gasteiger partial charge in [0, 0.05) is 44.8 Å². The Kier molecular flexibility index (Phi) is 6.63. The highest BCUT2D eigenvalue weighted by molar-refractivity contribution is 7.89. The molecule has 0 saturated carbocycles. The van der Waals surface area contributed by atoms with Crippen molar-refractivity contribution in [3.8, 4) is 0 Å². The van der Waals surface area contributed by atoms with Crippen LogP contribution in [0.15, 0.2) is 38.6 Å². The van der Waals surface area contributed by atoms with Gasteiger partial charge in [-0.05, 0) is 44.9 Å². The second-order valence-corrected chi connectivity index (χ2v) is 12.2. The molecule has 0 atom stereocenters. The van der Waals surface area contributed by atoms with E-state index in [0.717, 1.165) is 19.3 Å². The van der Waals surface area contributed by atoms with Crippen LogP contribution in [-0.4, -0.2) is 80.7 Å². The Labute approximate surface area is 194 Å². The number of hydrogen-bond donors (Lipinski definition) is 0. The van der Waals surface area contributed by atoms with Crippen LogP contribution in [0, 0.1) is 13.8 Å². The molecule has 0 unspecified atom stereocenters. The predicted octanol–water partition coefficient (Wildman–Crippen LogP) is 1.61. The van der Waals surface area contributed by atoms with Gasteiger partial charge in [0.15, 0.2) is 5.76 Å². The van der Waals surface area contributed by atoms with Crippen LogP contribution in [0.5, 0.6) is 0 Å². The van der Waals surface area contributed by atoms with E-state index < -0.39 is 20.0 Å². The fourth-order valence-electron chi connectivity index (χ4n) is 4.33. The lowest BCUT2D eigenvalue weighted by Gasteiger charge is -2.34. The van der Waals surface area contributed by atoms with Gasteiger partial charge in [-0.15, -0.1) is 0 Å². The average Bonchev–Trinajstić information content (AvgIpc) is 3.18. The van der Waals surface area contributed by atoms with Gasteiger partial charge in [0.2, 0.25) is 20.0 Å². The predicted molar refractivity (Wildman–Crippen MR) is 120 cm³/mol. The third-order valence-corrected chi connectivity index (χ3v) is 10.2. The number of sulfonamides is 2. The van der Waals surface area contributed by atoms with Gasteiger partial charge in [0.1, 0.15) is 10.6 Å². The van der Waals surface area contributed by atoms with Crippen LogP contribution in [0.4, 0.5) is 0 Å². The summed E-state index contributed by atoms with van der Waals surface area (Å²) in [6.45, 7) is 4.76. The second-order valence-electron chi connectivity index (χ2n) is 8.34. The summed E-state index contributed by atoms with van der Waals surface area (Å²) in [6.07, 6.45) is 2.68. The Hall–Kier alpha value is -2.28. The first-order valence-corrected chi connectivity index (χ1v) is 13.8. The summed E-state index contributed by atoms with van der Waals surface area (Å²) in [7, 11) is -7.43. The van der Waals surface area contributed by atoms with Gasteiger partial charge in [0.25, 0.3) is 5.91 Å². The molecule has 1 aromatic carbocycles. The summed E-state index contributed by atoms with van der Waals surface area (Å²) in [4.78, 5) is 14.8. The van der Waals surface area contributed by atoms with Crippen LogP contribution < -0.4 is 0 Å². The molecule has 2 fully saturated rings. The fraction of sp³-hybridized carbons (Fsp3) is 0.524. The summed E-state index contributed by atoms with van der Waals surface area (Å²) in [6, 6.07) is 6.08. The van der Waals surface area contributed by atoms with Crippen molar-refractivity contribution in [3.05, 3.63) is 41.3 Å². The Morgan fingerprint density at radius 3 is 2.12 bits per heavy atom. The molecule has 2 saturated heterocycles. The van der Waals surface area contributed by atoms with Crippen molar-refractivity contribution in [1.29, 1.82) is 0 Å². The van der Waals surface area contributed by atoms with E-state index in [9.17, 15) is 21.6 Å². The van der Waals surface area contributed by atoms with Crippen molar-refractivity contribution in [2.24, 2.45) is 0 Å². The number of hydrogen-bond acceptors (Lipinski definition) is 7. The molecule has 4 rings (SSSR count). The number of aryl methyl sites for hydroxylation is 2. The molecule has 2 aliphatic rings. The summed E-state index contributed by atoms with van der Waals surface area (Å²) < 4.78 is 59.7. The standard InChI is InChI=1S/C21H28N4O6S2/c1-16-20(17(2)31-22-16)33(29,30)25-13-11-23(12-14-25)21(26)18-7-6-8-19(15-18)32(27,28)24-9-4-3-5-10-24/h6-8,15H,3-5,9-14H2,1-2H3. The molecule has 1 aromatic heterocycles. The van der Waals surface area contributed by atoms with Gasteiger partial charge in [-0.25, -0.2) is 16.8 Å². The SMILES string of the molecule is Cc1noc(C)c1S(=O)(=O)N1CCN(C(=O)c2cccc(S(=O)(=O)N3CCCCC3)c2)CC1. The van der Waals surface area contributed by atoms with Crippen LogP contribution >= 0.6 is 0 Å². The molecule has 0 radical (unpaired) electrons. The van der Waals surface area contributed by atoms with Crippen LogP contribution in [0.3, 0.4) is 0 Å². The summed E-state index contributed by atoms with van der Waals surface area (Å²) in [5.74, 6) is -0.0854. The zero-order valence-electron chi connectivity index (χ0n) is 18.7. The minimum atomic E-state index is -3.78. The molecule has 1 amide bonds. The second kappa shape index (κ2) is 9.16. The van der Waals surface area contributed by atoms with E-state index in [2.05, 4.69) is 5.16 Å². The minimum absolute atomic E-state index is 0.0675. The number of piperidine rings is 1. The smallest absolute Gasteiger partial charge is 0.253 e. The van der Waals surface area contributed by atoms with E-state index in [-0.39, 0.29) is 53.2 Å². The van der Waals surface area contributed by atoms with Crippen molar-refractivity contribution >= 4 is 26.0 Å². The number of rotatable bonds is 5. The van der Waals surface area contributed by atoms with Gasteiger partial charge in [-0.2, -0.15) is 8.61 Å². The zero-order chi connectivity index (χ0) is 23.8. The minimum Gasteiger partial charge on any atom is -0.360 e. The first-order chi connectivity index (χ1) is 15.6. The Morgan fingerprint density at radius 2 is 1.52 bits per heavy atom. The maximum absolute atomic E-state index is 13.1. The van der Waals surface area contributed by atoms with Crippen molar-refractivity contribution in [1.82, 2.24) is 18.7 Å². The lowest BCUT2D eigenvalue weighted by Crippen LogP contribution is -2.50. The number of benzene rings is 1. The van der Waals surface area contributed by atoms with Gasteiger partial charge < -0.3 is 9.42 Å². The van der Waals surface area contributed by atoms with E-state index in [4.69, 9.17) is 4.52 Å². The number of piperazine rings is 1. The van der Waals surface area contributed by atoms with Crippen LogP contribution in [0.2, 0.25) is 0 Å². The van der Waals surface area contributed by atoms with Crippen LogP contribution in [-0.2, 0) is 20.0 Å². The Balaban J connectivity index is 1.47. The zero-order valence-corrected chi connectivity index (χ0v) is 20.4. The Bertz CT molecular complexity index is 1220. The molecule has 0 N–H and O–H groups in total. The van der Waals surface area contributed by atoms with Crippen LogP contribution in [0.1, 0.15) is 41.1 Å². The molecule has 180 valence electrons. The fourth-order valence-corrected chi connectivity index (χ4v) is 7.61. The summed E-state index contributed by atoms with van der Waals surface area (Å²) in [5.41, 5.74) is 0.577. The molecule has 10 nitrogen and oxygen atoms in total. The molecule has 2 aromatic rings. The molecule has 12 heteroatoms. The van der Waals surface area contributed by atoms with E-state index >= 15 is 0 Å². The van der Waals surface area contributed by atoms with E-state index in [1.165, 1.54) is 20.7 Å². The van der Waals surface area contributed by atoms with E-state index in [0.29, 0.717) is 18.8 Å². The number of carbonyl (C=O) groups excluding carboxylic acids is 1. The van der Waals surface area contributed by atoms with E-state index in [1.807, 2.05) is 0 Å². The third-order valence-electron chi connectivity index (χ3n) is 6.13. The molecular formula is C21H28N4O6S2. The normalized spacial score (nSPS) is 19.0. The highest BCUT2D eigenvalue weighted by atomic mass is 32.2. The molecule has 2 aliphatic heterocycles. The summed E-state index contributed by atoms with van der Waals surface area (Å²) in [5, 5.41) is 3.72. The molecular weight excluding hydrogens is 468 g/mol. The molecule has 0 aliphatic carbocycles. The molecule has 3 heterocycles. The highest BCUT2D eigenvalue weighted by Crippen LogP contribution is 2.25. The maximum atomic E-state index is 13.1. The van der Waals surface area contributed by atoms with Gasteiger partial charge >= 0.3 is 0 Å². The number of aromatic nitrogens is 1. The first-order valence-electron chi connectivity index (χ1n) is 10.9. The van der Waals surface area contributed by atoms with Gasteiger partial charge in [-0.3, -0.25) is 4.79 Å². The highest BCUT2D eigenvalue weighted by Gasteiger charge is 2.35. The molecule has 0 spiro atoms. The van der Waals surface area contributed by atoms with Gasteiger partial charge in [0.05, 0.1) is 4.90 Å². The van der Waals surface area contributed by atoms with Crippen molar-refractivity contribution in [3.63, 3.8) is 0 Å².